The quantitative estimate of drug-likeness (QED) is 0.117. The van der Waals surface area contributed by atoms with Gasteiger partial charge in [-0.1, -0.05) is 89.0 Å². The van der Waals surface area contributed by atoms with Crippen molar-refractivity contribution in [3.8, 4) is 5.75 Å². The topological polar surface area (TPSA) is 52.6 Å². The van der Waals surface area contributed by atoms with Gasteiger partial charge in [-0.3, -0.25) is 4.79 Å². The van der Waals surface area contributed by atoms with Crippen molar-refractivity contribution in [2.45, 2.75) is 95.5 Å². The number of benzene rings is 2. The minimum absolute atomic E-state index is 0.226. The van der Waals surface area contributed by atoms with Crippen molar-refractivity contribution in [2.75, 3.05) is 6.26 Å². The van der Waals surface area contributed by atoms with E-state index in [0.29, 0.717) is 11.3 Å². The molecule has 2 rings (SSSR count). The third kappa shape index (κ3) is 11.2. The molecule has 6 heteroatoms. The van der Waals surface area contributed by atoms with E-state index in [1.54, 1.807) is 43.0 Å². The number of rotatable bonds is 18. The first-order chi connectivity index (χ1) is 16.5. The minimum Gasteiger partial charge on any atom is -0.380 e. The van der Waals surface area contributed by atoms with E-state index in [1.165, 1.54) is 69.8 Å². The van der Waals surface area contributed by atoms with Crippen LogP contribution < -0.4 is 4.18 Å². The van der Waals surface area contributed by atoms with Crippen molar-refractivity contribution >= 4 is 28.9 Å². The standard InChI is InChI=1S/C28H40O4S2/c1-4-5-6-7-8-9-10-11-12-13-14-24-15-19-26(20-16-24)32-34(30)31-23(2)28(29)25-17-21-27(33-3)22-18-25/h15-23H,4-14H2,1-3H3. The number of hydrogen-bond donors (Lipinski definition) is 0. The van der Waals surface area contributed by atoms with Crippen LogP contribution in [0.25, 0.3) is 0 Å². The zero-order valence-corrected chi connectivity index (χ0v) is 22.6. The monoisotopic (exact) mass is 504 g/mol. The van der Waals surface area contributed by atoms with E-state index >= 15 is 0 Å². The van der Waals surface area contributed by atoms with Crippen LogP contribution in [0.3, 0.4) is 0 Å². The first-order valence-corrected chi connectivity index (χ1v) is 14.8. The van der Waals surface area contributed by atoms with Crippen molar-refractivity contribution in [3.63, 3.8) is 0 Å². The fraction of sp³-hybridized carbons (Fsp3) is 0.536. The highest BCUT2D eigenvalue weighted by molar-refractivity contribution is 7.98. The lowest BCUT2D eigenvalue weighted by Crippen LogP contribution is -2.23. The van der Waals surface area contributed by atoms with Gasteiger partial charge in [-0.05, 0) is 55.9 Å². The molecule has 0 aliphatic heterocycles. The summed E-state index contributed by atoms with van der Waals surface area (Å²) in [6.45, 7) is 3.84. The van der Waals surface area contributed by atoms with Crippen molar-refractivity contribution in [1.82, 2.24) is 0 Å². The maximum absolute atomic E-state index is 12.5. The number of ketones is 1. The van der Waals surface area contributed by atoms with Gasteiger partial charge in [0.2, 0.25) is 0 Å². The molecule has 2 aromatic carbocycles. The molecule has 2 unspecified atom stereocenters. The number of aryl methyl sites for hydroxylation is 1. The molecule has 0 aliphatic carbocycles. The fourth-order valence-electron chi connectivity index (χ4n) is 3.78. The van der Waals surface area contributed by atoms with Gasteiger partial charge >= 0.3 is 11.4 Å². The highest BCUT2D eigenvalue weighted by atomic mass is 32.2. The molecule has 0 saturated carbocycles. The molecule has 34 heavy (non-hydrogen) atoms. The molecule has 0 aromatic heterocycles. The summed E-state index contributed by atoms with van der Waals surface area (Å²) in [4.78, 5) is 13.6. The lowest BCUT2D eigenvalue weighted by atomic mass is 10.0. The van der Waals surface area contributed by atoms with Crippen molar-refractivity contribution in [1.29, 1.82) is 0 Å². The Balaban J connectivity index is 1.63. The maximum atomic E-state index is 12.5. The third-order valence-electron chi connectivity index (χ3n) is 5.87. The van der Waals surface area contributed by atoms with E-state index in [1.807, 2.05) is 30.5 Å². The van der Waals surface area contributed by atoms with Crippen LogP contribution in [-0.2, 0) is 22.0 Å². The predicted octanol–water partition coefficient (Wildman–Crippen LogP) is 8.12. The van der Waals surface area contributed by atoms with Gasteiger partial charge < -0.3 is 4.18 Å². The summed E-state index contributed by atoms with van der Waals surface area (Å²) in [6, 6.07) is 14.9. The van der Waals surface area contributed by atoms with Gasteiger partial charge in [-0.15, -0.1) is 11.8 Å². The Morgan fingerprint density at radius 1 is 0.853 bits per heavy atom. The smallest absolute Gasteiger partial charge is 0.360 e. The molecule has 0 fully saturated rings. The van der Waals surface area contributed by atoms with E-state index in [0.717, 1.165) is 11.3 Å². The highest BCUT2D eigenvalue weighted by Crippen LogP contribution is 2.19. The van der Waals surface area contributed by atoms with Crippen LogP contribution in [0.15, 0.2) is 53.4 Å². The van der Waals surface area contributed by atoms with Crippen LogP contribution in [-0.4, -0.2) is 22.4 Å². The molecule has 0 spiro atoms. The van der Waals surface area contributed by atoms with Crippen LogP contribution in [0.1, 0.15) is 94.0 Å². The summed E-state index contributed by atoms with van der Waals surface area (Å²) >= 11 is -0.437. The molecule has 0 N–H and O–H groups in total. The Kier molecular flexibility index (Phi) is 14.2. The largest absolute Gasteiger partial charge is 0.380 e. The third-order valence-corrected chi connectivity index (χ3v) is 7.39. The first kappa shape index (κ1) is 28.6. The fourth-order valence-corrected chi connectivity index (χ4v) is 4.82. The Labute approximate surface area is 213 Å². The number of unbranched alkanes of at least 4 members (excludes halogenated alkanes) is 9. The molecule has 4 nitrogen and oxygen atoms in total. The summed E-state index contributed by atoms with van der Waals surface area (Å²) in [5.74, 6) is 0.241. The number of hydrogen-bond acceptors (Lipinski definition) is 5. The normalized spacial score (nSPS) is 12.9. The molecule has 0 saturated heterocycles. The second-order valence-corrected chi connectivity index (χ2v) is 10.3. The maximum Gasteiger partial charge on any atom is 0.360 e. The molecule has 0 heterocycles. The molecule has 0 aliphatic rings. The minimum atomic E-state index is -2.05. The van der Waals surface area contributed by atoms with Crippen LogP contribution in [0.4, 0.5) is 0 Å². The van der Waals surface area contributed by atoms with Gasteiger partial charge in [-0.25, -0.2) is 4.18 Å². The molecule has 2 aromatic rings. The van der Waals surface area contributed by atoms with E-state index in [-0.39, 0.29) is 5.78 Å². The van der Waals surface area contributed by atoms with Crippen LogP contribution in [0, 0.1) is 0 Å². The highest BCUT2D eigenvalue weighted by Gasteiger charge is 2.20. The SMILES string of the molecule is CCCCCCCCCCCCc1ccc(OS(=O)OC(C)C(=O)c2ccc(SC)cc2)cc1. The van der Waals surface area contributed by atoms with Gasteiger partial charge in [0.05, 0.1) is 0 Å². The van der Waals surface area contributed by atoms with Gasteiger partial charge in [-0.2, -0.15) is 4.21 Å². The lowest BCUT2D eigenvalue weighted by Gasteiger charge is -2.11. The van der Waals surface area contributed by atoms with Gasteiger partial charge in [0.15, 0.2) is 5.78 Å². The van der Waals surface area contributed by atoms with Gasteiger partial charge in [0.1, 0.15) is 11.9 Å². The molecule has 0 bridgehead atoms. The van der Waals surface area contributed by atoms with Crippen LogP contribution in [0.2, 0.25) is 0 Å². The summed E-state index contributed by atoms with van der Waals surface area (Å²) in [5.41, 5.74) is 1.77. The Morgan fingerprint density at radius 2 is 1.41 bits per heavy atom. The summed E-state index contributed by atoms with van der Waals surface area (Å²) in [6.07, 6.45) is 15.5. The van der Waals surface area contributed by atoms with E-state index in [4.69, 9.17) is 8.37 Å². The van der Waals surface area contributed by atoms with Crippen molar-refractivity contribution in [2.24, 2.45) is 0 Å². The average molecular weight is 505 g/mol. The van der Waals surface area contributed by atoms with E-state index < -0.39 is 17.5 Å². The zero-order chi connectivity index (χ0) is 24.6. The van der Waals surface area contributed by atoms with Gasteiger partial charge in [0, 0.05) is 10.5 Å². The van der Waals surface area contributed by atoms with Crippen LogP contribution in [0.5, 0.6) is 5.75 Å². The molecular formula is C28H40O4S2. The van der Waals surface area contributed by atoms with E-state index in [2.05, 4.69) is 6.92 Å². The average Bonchev–Trinajstić information content (AvgIpc) is 2.85. The summed E-state index contributed by atoms with van der Waals surface area (Å²) in [5, 5.41) is 0. The molecule has 0 radical (unpaired) electrons. The number of carbonyl (C=O) groups excluding carboxylic acids is 1. The molecule has 188 valence electrons. The van der Waals surface area contributed by atoms with Gasteiger partial charge in [0.25, 0.3) is 0 Å². The Morgan fingerprint density at radius 3 is 1.97 bits per heavy atom. The van der Waals surface area contributed by atoms with Crippen molar-refractivity contribution in [3.05, 3.63) is 59.7 Å². The number of thioether (sulfide) groups is 1. The Hall–Kier alpha value is -1.63. The van der Waals surface area contributed by atoms with Crippen molar-refractivity contribution < 1.29 is 17.4 Å². The van der Waals surface area contributed by atoms with E-state index in [9.17, 15) is 9.00 Å². The first-order valence-electron chi connectivity index (χ1n) is 12.6. The summed E-state index contributed by atoms with van der Waals surface area (Å²) in [7, 11) is 0. The lowest BCUT2D eigenvalue weighted by molar-refractivity contribution is 0.0824. The second-order valence-electron chi connectivity index (χ2n) is 8.69. The number of Topliss-reactive ketones (excluding diaryl/α,β-unsaturated/α-hetero) is 1. The van der Waals surface area contributed by atoms with Crippen LogP contribution >= 0.6 is 11.8 Å². The molecular weight excluding hydrogens is 464 g/mol. The number of carbonyl (C=O) groups is 1. The Bertz CT molecular complexity index is 850. The zero-order valence-electron chi connectivity index (χ0n) is 20.9. The predicted molar refractivity (Wildman–Crippen MR) is 144 cm³/mol. The summed E-state index contributed by atoms with van der Waals surface area (Å²) < 4.78 is 22.9. The second kappa shape index (κ2) is 16.9. The molecule has 0 amide bonds. The molecule has 2 atom stereocenters.